The molecular weight excluding hydrogens is 284 g/mol. The predicted molar refractivity (Wildman–Crippen MR) is 87.9 cm³/mol. The van der Waals surface area contributed by atoms with Crippen LogP contribution in [0.2, 0.25) is 0 Å². The van der Waals surface area contributed by atoms with Crippen LogP contribution in [-0.2, 0) is 10.2 Å². The largest absolute Gasteiger partial charge is 0.492 e. The van der Waals surface area contributed by atoms with E-state index in [-0.39, 0.29) is 17.4 Å². The van der Waals surface area contributed by atoms with Crippen molar-refractivity contribution in [3.8, 4) is 5.75 Å². The van der Waals surface area contributed by atoms with Gasteiger partial charge in [0, 0.05) is 11.6 Å². The molecule has 1 heterocycles. The van der Waals surface area contributed by atoms with Crippen LogP contribution in [0.4, 0.5) is 0 Å². The van der Waals surface area contributed by atoms with Crippen molar-refractivity contribution in [2.45, 2.75) is 32.2 Å². The minimum atomic E-state index is -0.0563. The maximum absolute atomic E-state index is 11.8. The Hall–Kier alpha value is -1.20. The van der Waals surface area contributed by atoms with Crippen LogP contribution < -0.4 is 15.4 Å². The summed E-state index contributed by atoms with van der Waals surface area (Å²) in [5.41, 5.74) is 1.36. The maximum atomic E-state index is 11.8. The molecule has 116 valence electrons. The molecule has 0 saturated carbocycles. The molecule has 5 heteroatoms. The summed E-state index contributed by atoms with van der Waals surface area (Å²) in [6.45, 7) is 7.55. The average Bonchev–Trinajstić information content (AvgIpc) is 2.97. The fraction of sp³-hybridized carbons (Fsp3) is 0.562. The third kappa shape index (κ3) is 4.93. The summed E-state index contributed by atoms with van der Waals surface area (Å²) in [4.78, 5) is 11.8. The Morgan fingerprint density at radius 3 is 2.95 bits per heavy atom. The fourth-order valence-corrected chi connectivity index (χ4v) is 3.02. The molecule has 1 aromatic carbocycles. The third-order valence-corrected chi connectivity index (χ3v) is 4.34. The molecule has 4 nitrogen and oxygen atoms in total. The summed E-state index contributed by atoms with van der Waals surface area (Å²) < 4.78 is 5.71. The minimum absolute atomic E-state index is 0.0563. The van der Waals surface area contributed by atoms with Crippen molar-refractivity contribution in [2.24, 2.45) is 0 Å². The first-order valence-corrected chi connectivity index (χ1v) is 8.44. The van der Waals surface area contributed by atoms with Gasteiger partial charge in [0.2, 0.25) is 5.91 Å². The Labute approximate surface area is 131 Å². The zero-order valence-corrected chi connectivity index (χ0v) is 13.8. The summed E-state index contributed by atoms with van der Waals surface area (Å²) in [5.74, 6) is 2.62. The molecule has 0 aromatic heterocycles. The zero-order valence-electron chi connectivity index (χ0n) is 12.9. The monoisotopic (exact) mass is 308 g/mol. The molecule has 1 aromatic rings. The van der Waals surface area contributed by atoms with Gasteiger partial charge in [0.15, 0.2) is 0 Å². The number of ether oxygens (including phenoxy) is 1. The molecule has 1 saturated heterocycles. The average molecular weight is 308 g/mol. The summed E-state index contributed by atoms with van der Waals surface area (Å²) in [6.07, 6.45) is 0. The van der Waals surface area contributed by atoms with Gasteiger partial charge < -0.3 is 10.1 Å². The molecule has 0 aliphatic carbocycles. The van der Waals surface area contributed by atoms with E-state index in [1.807, 2.05) is 12.1 Å². The number of thioether (sulfide) groups is 1. The molecule has 1 aliphatic rings. The molecule has 1 fully saturated rings. The normalized spacial score (nSPS) is 18.5. The SMILES string of the molecule is CC(C)(C)c1cccc(OCCNC(=O)C2CSCN2)c1. The number of carbonyl (C=O) groups excluding carboxylic acids is 1. The fourth-order valence-electron chi connectivity index (χ4n) is 2.08. The molecule has 0 bridgehead atoms. The number of hydrogen-bond acceptors (Lipinski definition) is 4. The van der Waals surface area contributed by atoms with Crippen LogP contribution in [0.5, 0.6) is 5.75 Å². The molecule has 21 heavy (non-hydrogen) atoms. The lowest BCUT2D eigenvalue weighted by Gasteiger charge is -2.19. The van der Waals surface area contributed by atoms with Gasteiger partial charge in [-0.25, -0.2) is 0 Å². The Morgan fingerprint density at radius 1 is 1.48 bits per heavy atom. The van der Waals surface area contributed by atoms with E-state index in [2.05, 4.69) is 43.5 Å². The van der Waals surface area contributed by atoms with Crippen LogP contribution in [0.3, 0.4) is 0 Å². The van der Waals surface area contributed by atoms with Crippen molar-refractivity contribution in [2.75, 3.05) is 24.8 Å². The number of benzene rings is 1. The van der Waals surface area contributed by atoms with Crippen molar-refractivity contribution in [1.82, 2.24) is 10.6 Å². The van der Waals surface area contributed by atoms with E-state index in [0.29, 0.717) is 13.2 Å². The van der Waals surface area contributed by atoms with Crippen molar-refractivity contribution < 1.29 is 9.53 Å². The van der Waals surface area contributed by atoms with Crippen molar-refractivity contribution >= 4 is 17.7 Å². The second-order valence-corrected chi connectivity index (χ2v) is 7.22. The summed E-state index contributed by atoms with van der Waals surface area (Å²) in [7, 11) is 0. The van der Waals surface area contributed by atoms with E-state index >= 15 is 0 Å². The number of amides is 1. The summed E-state index contributed by atoms with van der Waals surface area (Å²) in [5, 5.41) is 6.05. The molecule has 0 spiro atoms. The van der Waals surface area contributed by atoms with Gasteiger partial charge in [0.1, 0.15) is 12.4 Å². The highest BCUT2D eigenvalue weighted by Crippen LogP contribution is 2.25. The van der Waals surface area contributed by atoms with Crippen molar-refractivity contribution in [3.05, 3.63) is 29.8 Å². The lowest BCUT2D eigenvalue weighted by molar-refractivity contribution is -0.122. The molecule has 2 N–H and O–H groups in total. The van der Waals surface area contributed by atoms with Gasteiger partial charge in [0.25, 0.3) is 0 Å². The van der Waals surface area contributed by atoms with Crippen LogP contribution >= 0.6 is 11.8 Å². The lowest BCUT2D eigenvalue weighted by Crippen LogP contribution is -2.43. The van der Waals surface area contributed by atoms with E-state index in [4.69, 9.17) is 4.74 Å². The smallest absolute Gasteiger partial charge is 0.238 e. The second-order valence-electron chi connectivity index (χ2n) is 6.19. The van der Waals surface area contributed by atoms with Gasteiger partial charge in [-0.05, 0) is 23.1 Å². The quantitative estimate of drug-likeness (QED) is 0.818. The van der Waals surface area contributed by atoms with Gasteiger partial charge in [0.05, 0.1) is 12.6 Å². The van der Waals surface area contributed by atoms with Gasteiger partial charge >= 0.3 is 0 Å². The molecular formula is C16H24N2O2S. The third-order valence-electron chi connectivity index (χ3n) is 3.40. The van der Waals surface area contributed by atoms with Crippen molar-refractivity contribution in [1.29, 1.82) is 0 Å². The first-order valence-electron chi connectivity index (χ1n) is 7.29. The van der Waals surface area contributed by atoms with Gasteiger partial charge in [-0.1, -0.05) is 32.9 Å². The number of hydrogen-bond donors (Lipinski definition) is 2. The van der Waals surface area contributed by atoms with Crippen LogP contribution in [-0.4, -0.2) is 36.7 Å². The lowest BCUT2D eigenvalue weighted by atomic mass is 9.87. The standard InChI is InChI=1S/C16H24N2O2S/c1-16(2,3)12-5-4-6-13(9-12)20-8-7-17-15(19)14-10-21-11-18-14/h4-6,9,14,18H,7-8,10-11H2,1-3H3,(H,17,19). The molecule has 1 atom stereocenters. The van der Waals surface area contributed by atoms with Crippen molar-refractivity contribution in [3.63, 3.8) is 0 Å². The highest BCUT2D eigenvalue weighted by atomic mass is 32.2. The number of rotatable bonds is 5. The molecule has 1 aliphatic heterocycles. The first kappa shape index (κ1) is 16.2. The highest BCUT2D eigenvalue weighted by Gasteiger charge is 2.21. The van der Waals surface area contributed by atoms with E-state index in [9.17, 15) is 4.79 Å². The van der Waals surface area contributed by atoms with Crippen LogP contribution in [0.15, 0.2) is 24.3 Å². The number of carbonyl (C=O) groups is 1. The van der Waals surface area contributed by atoms with Crippen LogP contribution in [0.1, 0.15) is 26.3 Å². The van der Waals surface area contributed by atoms with E-state index < -0.39 is 0 Å². The van der Waals surface area contributed by atoms with Gasteiger partial charge in [-0.2, -0.15) is 0 Å². The van der Waals surface area contributed by atoms with E-state index in [0.717, 1.165) is 17.4 Å². The Morgan fingerprint density at radius 2 is 2.29 bits per heavy atom. The molecule has 0 radical (unpaired) electrons. The number of nitrogens with one attached hydrogen (secondary N) is 2. The predicted octanol–water partition coefficient (Wildman–Crippen LogP) is 2.14. The Balaban J connectivity index is 1.74. The molecule has 1 unspecified atom stereocenters. The summed E-state index contributed by atoms with van der Waals surface area (Å²) in [6, 6.07) is 8.08. The van der Waals surface area contributed by atoms with E-state index in [1.165, 1.54) is 5.56 Å². The van der Waals surface area contributed by atoms with Crippen LogP contribution in [0.25, 0.3) is 0 Å². The first-order chi connectivity index (χ1) is 9.97. The Kier molecular flexibility index (Phi) is 5.53. The zero-order chi connectivity index (χ0) is 15.3. The molecule has 2 rings (SSSR count). The Bertz CT molecular complexity index is 479. The van der Waals surface area contributed by atoms with Gasteiger partial charge in [-0.15, -0.1) is 11.8 Å². The van der Waals surface area contributed by atoms with Crippen LogP contribution in [0, 0.1) is 0 Å². The van der Waals surface area contributed by atoms with E-state index in [1.54, 1.807) is 11.8 Å². The van der Waals surface area contributed by atoms with Gasteiger partial charge in [-0.3, -0.25) is 10.1 Å². The molecule has 1 amide bonds. The highest BCUT2D eigenvalue weighted by molar-refractivity contribution is 7.99. The maximum Gasteiger partial charge on any atom is 0.238 e. The topological polar surface area (TPSA) is 50.4 Å². The summed E-state index contributed by atoms with van der Waals surface area (Å²) >= 11 is 1.75. The minimum Gasteiger partial charge on any atom is -0.492 e. The second kappa shape index (κ2) is 7.18.